The molecule has 0 radical (unpaired) electrons. The highest BCUT2D eigenvalue weighted by molar-refractivity contribution is 4.84. The summed E-state index contributed by atoms with van der Waals surface area (Å²) >= 11 is 0. The minimum absolute atomic E-state index is 0.262. The molecule has 0 saturated heterocycles. The molecule has 0 spiro atoms. The van der Waals surface area contributed by atoms with Crippen LogP contribution in [0.1, 0.15) is 6.42 Å². The van der Waals surface area contributed by atoms with Gasteiger partial charge in [0.05, 0.1) is 12.9 Å². The van der Waals surface area contributed by atoms with Gasteiger partial charge in [0.1, 0.15) is 6.42 Å². The lowest BCUT2D eigenvalue weighted by molar-refractivity contribution is -0.133. The molecule has 0 heterocycles. The van der Waals surface area contributed by atoms with Crippen molar-refractivity contribution in [2.45, 2.75) is 12.6 Å². The lowest BCUT2D eigenvalue weighted by atomic mass is 10.4. The second-order valence-electron chi connectivity index (χ2n) is 1.53. The average Bonchev–Trinajstić information content (AvgIpc) is 1.62. The second kappa shape index (κ2) is 2.75. The fourth-order valence-corrected chi connectivity index (χ4v) is 0.296. The van der Waals surface area contributed by atoms with Crippen LogP contribution in [0.5, 0.6) is 0 Å². The van der Waals surface area contributed by atoms with E-state index in [1.165, 1.54) is 0 Å². The number of hydrogen-bond donors (Lipinski definition) is 0. The largest absolute Gasteiger partial charge is 0.501 e. The molecule has 0 rings (SSSR count). The zero-order chi connectivity index (χ0) is 7.49. The van der Waals surface area contributed by atoms with Crippen molar-refractivity contribution >= 4 is 0 Å². The summed E-state index contributed by atoms with van der Waals surface area (Å²) in [5, 5.41) is 0. The van der Waals surface area contributed by atoms with Gasteiger partial charge in [0, 0.05) is 0 Å². The van der Waals surface area contributed by atoms with E-state index in [1.807, 2.05) is 0 Å². The number of methoxy groups -OCH3 is 1. The molecule has 0 aromatic carbocycles. The van der Waals surface area contributed by atoms with E-state index in [9.17, 15) is 13.2 Å². The molecule has 0 unspecified atom stereocenters. The van der Waals surface area contributed by atoms with Crippen molar-refractivity contribution in [1.29, 1.82) is 0 Å². The van der Waals surface area contributed by atoms with Crippen LogP contribution in [-0.4, -0.2) is 13.3 Å². The van der Waals surface area contributed by atoms with Gasteiger partial charge in [-0.15, -0.1) is 0 Å². The van der Waals surface area contributed by atoms with Crippen LogP contribution in [0, 0.1) is 0 Å². The van der Waals surface area contributed by atoms with E-state index >= 15 is 0 Å². The Morgan fingerprint density at radius 2 is 2.00 bits per heavy atom. The summed E-state index contributed by atoms with van der Waals surface area (Å²) in [6.45, 7) is 3.02. The van der Waals surface area contributed by atoms with Gasteiger partial charge in [0.25, 0.3) is 0 Å². The van der Waals surface area contributed by atoms with Crippen molar-refractivity contribution < 1.29 is 17.9 Å². The molecular weight excluding hydrogens is 133 g/mol. The topological polar surface area (TPSA) is 9.23 Å². The van der Waals surface area contributed by atoms with Crippen LogP contribution in [0.25, 0.3) is 0 Å². The maximum atomic E-state index is 11.4. The summed E-state index contributed by atoms with van der Waals surface area (Å²) < 4.78 is 38.3. The van der Waals surface area contributed by atoms with E-state index in [-0.39, 0.29) is 5.76 Å². The van der Waals surface area contributed by atoms with Crippen LogP contribution >= 0.6 is 0 Å². The summed E-state index contributed by atoms with van der Waals surface area (Å²) in [4.78, 5) is 0. The summed E-state index contributed by atoms with van der Waals surface area (Å²) in [5.74, 6) is -0.262. The van der Waals surface area contributed by atoms with E-state index in [1.54, 1.807) is 0 Å². The predicted molar refractivity (Wildman–Crippen MR) is 26.8 cm³/mol. The summed E-state index contributed by atoms with van der Waals surface area (Å²) in [6, 6.07) is 0. The summed E-state index contributed by atoms with van der Waals surface area (Å²) in [6.07, 6.45) is -5.27. The van der Waals surface area contributed by atoms with E-state index < -0.39 is 12.6 Å². The second-order valence-corrected chi connectivity index (χ2v) is 1.53. The molecule has 0 aromatic rings. The third-order valence-corrected chi connectivity index (χ3v) is 0.686. The van der Waals surface area contributed by atoms with Crippen molar-refractivity contribution in [2.24, 2.45) is 0 Å². The molecule has 1 nitrogen and oxygen atoms in total. The zero-order valence-corrected chi connectivity index (χ0v) is 4.96. The Bertz CT molecular complexity index is 105. The molecule has 0 saturated carbocycles. The Hall–Kier alpha value is -0.670. The Kier molecular flexibility index (Phi) is 2.55. The first-order valence-electron chi connectivity index (χ1n) is 2.24. The van der Waals surface area contributed by atoms with E-state index in [4.69, 9.17) is 0 Å². The van der Waals surface area contributed by atoms with Crippen LogP contribution < -0.4 is 0 Å². The zero-order valence-electron chi connectivity index (χ0n) is 4.96. The predicted octanol–water partition coefficient (Wildman–Crippen LogP) is 2.10. The summed E-state index contributed by atoms with van der Waals surface area (Å²) in [7, 11) is 1.16. The van der Waals surface area contributed by atoms with Crippen LogP contribution in [-0.2, 0) is 4.74 Å². The fraction of sp³-hybridized carbons (Fsp3) is 0.600. The molecule has 4 heteroatoms. The lowest BCUT2D eigenvalue weighted by Crippen LogP contribution is -2.08. The number of rotatable bonds is 2. The van der Waals surface area contributed by atoms with Gasteiger partial charge in [0.15, 0.2) is 0 Å². The number of ether oxygens (including phenoxy) is 1. The van der Waals surface area contributed by atoms with Gasteiger partial charge in [-0.3, -0.25) is 0 Å². The van der Waals surface area contributed by atoms with Crippen molar-refractivity contribution in [3.63, 3.8) is 0 Å². The molecule has 0 N–H and O–H groups in total. The Labute approximate surface area is 51.1 Å². The van der Waals surface area contributed by atoms with E-state index in [2.05, 4.69) is 11.3 Å². The first-order chi connectivity index (χ1) is 3.95. The first-order valence-corrected chi connectivity index (χ1v) is 2.24. The fourth-order valence-electron chi connectivity index (χ4n) is 0.296. The van der Waals surface area contributed by atoms with Crippen LogP contribution in [0.2, 0.25) is 0 Å². The molecule has 0 aliphatic heterocycles. The standard InChI is InChI=1S/C5H7F3O/c1-4(9-2)3-5(6,7)8/h1,3H2,2H3. The number of hydrogen-bond acceptors (Lipinski definition) is 1. The van der Waals surface area contributed by atoms with Crippen molar-refractivity contribution in [3.8, 4) is 0 Å². The minimum Gasteiger partial charge on any atom is -0.501 e. The average molecular weight is 140 g/mol. The van der Waals surface area contributed by atoms with Gasteiger partial charge in [0.2, 0.25) is 0 Å². The molecule has 0 aliphatic rings. The highest BCUT2D eigenvalue weighted by Crippen LogP contribution is 2.23. The molecule has 0 atom stereocenters. The van der Waals surface area contributed by atoms with Gasteiger partial charge >= 0.3 is 6.18 Å². The monoisotopic (exact) mass is 140 g/mol. The Balaban J connectivity index is 3.60. The van der Waals surface area contributed by atoms with E-state index in [0.717, 1.165) is 7.11 Å². The van der Waals surface area contributed by atoms with Gasteiger partial charge in [-0.1, -0.05) is 6.58 Å². The summed E-state index contributed by atoms with van der Waals surface area (Å²) in [5.41, 5.74) is 0. The number of allylic oxidation sites excluding steroid dienone is 1. The molecule has 0 aromatic heterocycles. The SMILES string of the molecule is C=C(CC(F)(F)F)OC. The smallest absolute Gasteiger partial charge is 0.396 e. The van der Waals surface area contributed by atoms with Gasteiger partial charge in [-0.25, -0.2) is 0 Å². The van der Waals surface area contributed by atoms with E-state index in [0.29, 0.717) is 0 Å². The Morgan fingerprint density at radius 3 is 2.11 bits per heavy atom. The van der Waals surface area contributed by atoms with Gasteiger partial charge < -0.3 is 4.74 Å². The maximum Gasteiger partial charge on any atom is 0.396 e. The quantitative estimate of drug-likeness (QED) is 0.533. The molecule has 0 bridgehead atoms. The molecule has 54 valence electrons. The Morgan fingerprint density at radius 1 is 1.56 bits per heavy atom. The molecule has 0 fully saturated rings. The third kappa shape index (κ3) is 5.20. The van der Waals surface area contributed by atoms with Crippen LogP contribution in [0.15, 0.2) is 12.3 Å². The van der Waals surface area contributed by atoms with Gasteiger partial charge in [-0.2, -0.15) is 13.2 Å². The molecular formula is C5H7F3O. The number of alkyl halides is 3. The van der Waals surface area contributed by atoms with Gasteiger partial charge in [-0.05, 0) is 0 Å². The normalized spacial score (nSPS) is 11.1. The first kappa shape index (κ1) is 8.33. The van der Waals surface area contributed by atoms with Crippen molar-refractivity contribution in [1.82, 2.24) is 0 Å². The number of halogens is 3. The third-order valence-electron chi connectivity index (χ3n) is 0.686. The minimum atomic E-state index is -4.20. The molecule has 0 amide bonds. The van der Waals surface area contributed by atoms with Crippen LogP contribution in [0.3, 0.4) is 0 Å². The highest BCUT2D eigenvalue weighted by Gasteiger charge is 2.28. The highest BCUT2D eigenvalue weighted by atomic mass is 19.4. The van der Waals surface area contributed by atoms with Crippen LogP contribution in [0.4, 0.5) is 13.2 Å². The van der Waals surface area contributed by atoms with Crippen molar-refractivity contribution in [2.75, 3.05) is 7.11 Å². The molecule has 0 aliphatic carbocycles. The van der Waals surface area contributed by atoms with Crippen molar-refractivity contribution in [3.05, 3.63) is 12.3 Å². The lowest BCUT2D eigenvalue weighted by Gasteiger charge is -2.06. The molecule has 9 heavy (non-hydrogen) atoms. The maximum absolute atomic E-state index is 11.4.